The second-order valence-corrected chi connectivity index (χ2v) is 6.69. The Bertz CT molecular complexity index is 293. The summed E-state index contributed by atoms with van der Waals surface area (Å²) in [5, 5.41) is 22.9. The number of carbonyl (C=O) groups is 2. The summed E-state index contributed by atoms with van der Waals surface area (Å²) < 4.78 is 0. The molecule has 4 nitrogen and oxygen atoms in total. The fraction of sp³-hybridized carbons (Fsp3) is 0.895. The molecule has 0 N–H and O–H groups in total. The average molecular weight is 326 g/mol. The Kier molecular flexibility index (Phi) is 12.8. The molecule has 0 atom stereocenters. The molecule has 0 saturated heterocycles. The normalized spacial score (nSPS) is 11.6. The number of aliphatic carboxylic acids is 2. The topological polar surface area (TPSA) is 80.3 Å². The van der Waals surface area contributed by atoms with Crippen molar-refractivity contribution in [3.8, 4) is 0 Å². The molecule has 0 spiro atoms. The van der Waals surface area contributed by atoms with Crippen LogP contribution in [0.4, 0.5) is 0 Å². The van der Waals surface area contributed by atoms with Crippen LogP contribution < -0.4 is 10.2 Å². The molecule has 0 aliphatic heterocycles. The van der Waals surface area contributed by atoms with Crippen molar-refractivity contribution in [2.45, 2.75) is 104 Å². The molecule has 0 bridgehead atoms. The standard InChI is InChI=1S/C19H36O4/c1-3-5-7-9-11-13-15-19(17(20)21,18(22)23)16-14-12-10-8-6-4-2/h3-16H2,1-2H3,(H,20,21)(H,22,23)/p-2. The lowest BCUT2D eigenvalue weighted by molar-refractivity contribution is -0.344. The molecule has 0 saturated carbocycles. The second-order valence-electron chi connectivity index (χ2n) is 6.69. The molecule has 0 unspecified atom stereocenters. The predicted molar refractivity (Wildman–Crippen MR) is 88.4 cm³/mol. The molecular formula is C19H34O4-2. The molecular weight excluding hydrogens is 292 g/mol. The number of carboxylic acids is 2. The maximum atomic E-state index is 11.5. The molecule has 0 fully saturated rings. The zero-order chi connectivity index (χ0) is 17.6. The minimum Gasteiger partial charge on any atom is -0.549 e. The Morgan fingerprint density at radius 3 is 1.22 bits per heavy atom. The Labute approximate surface area is 141 Å². The lowest BCUT2D eigenvalue weighted by atomic mass is 9.78. The van der Waals surface area contributed by atoms with Crippen molar-refractivity contribution in [3.63, 3.8) is 0 Å². The molecule has 0 radical (unpaired) electrons. The molecule has 0 aliphatic rings. The number of hydrogen-bond acceptors (Lipinski definition) is 4. The number of carbonyl (C=O) groups excluding carboxylic acids is 2. The van der Waals surface area contributed by atoms with E-state index < -0.39 is 17.4 Å². The summed E-state index contributed by atoms with van der Waals surface area (Å²) in [6, 6.07) is 0. The third-order valence-corrected chi connectivity index (χ3v) is 4.70. The lowest BCUT2D eigenvalue weighted by Gasteiger charge is -2.36. The van der Waals surface area contributed by atoms with E-state index in [9.17, 15) is 19.8 Å². The maximum Gasteiger partial charge on any atom is 0.0532 e. The van der Waals surface area contributed by atoms with Gasteiger partial charge in [-0.1, -0.05) is 90.9 Å². The van der Waals surface area contributed by atoms with E-state index in [-0.39, 0.29) is 12.8 Å². The van der Waals surface area contributed by atoms with Crippen LogP contribution in [0.3, 0.4) is 0 Å². The van der Waals surface area contributed by atoms with E-state index >= 15 is 0 Å². The highest BCUT2D eigenvalue weighted by Crippen LogP contribution is 2.31. The first-order chi connectivity index (χ1) is 11.0. The summed E-state index contributed by atoms with van der Waals surface area (Å²) >= 11 is 0. The summed E-state index contributed by atoms with van der Waals surface area (Å²) in [6.07, 6.45) is 12.2. The van der Waals surface area contributed by atoms with Gasteiger partial charge in [0.2, 0.25) is 0 Å². The fourth-order valence-electron chi connectivity index (χ4n) is 3.03. The number of rotatable bonds is 16. The van der Waals surface area contributed by atoms with Gasteiger partial charge in [0.1, 0.15) is 0 Å². The van der Waals surface area contributed by atoms with E-state index in [1.165, 1.54) is 12.8 Å². The van der Waals surface area contributed by atoms with Crippen molar-refractivity contribution in [1.82, 2.24) is 0 Å². The minimum atomic E-state index is -1.80. The van der Waals surface area contributed by atoms with Crippen molar-refractivity contribution in [1.29, 1.82) is 0 Å². The molecule has 4 heteroatoms. The van der Waals surface area contributed by atoms with Gasteiger partial charge in [-0.3, -0.25) is 0 Å². The van der Waals surface area contributed by atoms with Gasteiger partial charge in [0.25, 0.3) is 0 Å². The lowest BCUT2D eigenvalue weighted by Crippen LogP contribution is -2.53. The maximum absolute atomic E-state index is 11.5. The molecule has 0 rings (SSSR count). The van der Waals surface area contributed by atoms with Crippen LogP contribution in [0.2, 0.25) is 0 Å². The number of unbranched alkanes of at least 4 members (excludes halogenated alkanes) is 10. The molecule has 0 amide bonds. The fourth-order valence-corrected chi connectivity index (χ4v) is 3.03. The first-order valence-electron chi connectivity index (χ1n) is 9.44. The van der Waals surface area contributed by atoms with E-state index in [1.54, 1.807) is 0 Å². The number of hydrogen-bond donors (Lipinski definition) is 0. The second kappa shape index (κ2) is 13.4. The zero-order valence-electron chi connectivity index (χ0n) is 15.0. The van der Waals surface area contributed by atoms with Gasteiger partial charge in [0.05, 0.1) is 11.9 Å². The van der Waals surface area contributed by atoms with Crippen molar-refractivity contribution >= 4 is 11.9 Å². The monoisotopic (exact) mass is 326 g/mol. The Morgan fingerprint density at radius 1 is 0.609 bits per heavy atom. The van der Waals surface area contributed by atoms with E-state index in [1.807, 2.05) is 0 Å². The van der Waals surface area contributed by atoms with Crippen molar-refractivity contribution in [2.24, 2.45) is 5.41 Å². The van der Waals surface area contributed by atoms with Gasteiger partial charge in [-0.05, 0) is 12.8 Å². The molecule has 0 aromatic rings. The highest BCUT2D eigenvalue weighted by atomic mass is 16.4. The van der Waals surface area contributed by atoms with Crippen molar-refractivity contribution in [3.05, 3.63) is 0 Å². The zero-order valence-corrected chi connectivity index (χ0v) is 15.0. The molecule has 0 heterocycles. The summed E-state index contributed by atoms with van der Waals surface area (Å²) in [5.41, 5.74) is -1.80. The van der Waals surface area contributed by atoms with Crippen LogP contribution in [0, 0.1) is 5.41 Å². The summed E-state index contributed by atoms with van der Waals surface area (Å²) in [4.78, 5) is 22.9. The van der Waals surface area contributed by atoms with Crippen LogP contribution in [0.25, 0.3) is 0 Å². The highest BCUT2D eigenvalue weighted by Gasteiger charge is 2.32. The minimum absolute atomic E-state index is 0.138. The first-order valence-corrected chi connectivity index (χ1v) is 9.44. The van der Waals surface area contributed by atoms with Crippen LogP contribution >= 0.6 is 0 Å². The van der Waals surface area contributed by atoms with Gasteiger partial charge in [-0.25, -0.2) is 0 Å². The largest absolute Gasteiger partial charge is 0.549 e. The molecule has 0 aromatic carbocycles. The number of carboxylic acid groups (broad SMARTS) is 2. The van der Waals surface area contributed by atoms with Gasteiger partial charge in [-0.15, -0.1) is 0 Å². The van der Waals surface area contributed by atoms with Gasteiger partial charge in [0.15, 0.2) is 0 Å². The van der Waals surface area contributed by atoms with Crippen molar-refractivity contribution < 1.29 is 19.8 Å². The van der Waals surface area contributed by atoms with Crippen LogP contribution in [0.15, 0.2) is 0 Å². The van der Waals surface area contributed by atoms with Crippen LogP contribution in [0.1, 0.15) is 104 Å². The summed E-state index contributed by atoms with van der Waals surface area (Å²) in [5.74, 6) is -2.95. The Balaban J connectivity index is 4.30. The molecule has 0 aromatic heterocycles. The Morgan fingerprint density at radius 2 is 0.913 bits per heavy atom. The third kappa shape index (κ3) is 8.97. The van der Waals surface area contributed by atoms with Gasteiger partial charge in [-0.2, -0.15) is 0 Å². The quantitative estimate of drug-likeness (QED) is 0.322. The smallest absolute Gasteiger partial charge is 0.0532 e. The molecule has 136 valence electrons. The first kappa shape index (κ1) is 21.9. The molecule has 0 aliphatic carbocycles. The van der Waals surface area contributed by atoms with E-state index in [2.05, 4.69) is 13.8 Å². The van der Waals surface area contributed by atoms with E-state index in [0.717, 1.165) is 51.4 Å². The summed E-state index contributed by atoms with van der Waals surface area (Å²) in [6.45, 7) is 4.27. The van der Waals surface area contributed by atoms with Crippen molar-refractivity contribution in [2.75, 3.05) is 0 Å². The van der Waals surface area contributed by atoms with Gasteiger partial charge >= 0.3 is 0 Å². The van der Waals surface area contributed by atoms with Gasteiger partial charge < -0.3 is 19.8 Å². The van der Waals surface area contributed by atoms with Crippen LogP contribution in [-0.2, 0) is 9.59 Å². The van der Waals surface area contributed by atoms with E-state index in [0.29, 0.717) is 12.8 Å². The molecule has 23 heavy (non-hydrogen) atoms. The SMILES string of the molecule is CCCCCCCCC(CCCCCCCC)(C(=O)[O-])C(=O)[O-]. The van der Waals surface area contributed by atoms with Crippen LogP contribution in [0.5, 0.6) is 0 Å². The third-order valence-electron chi connectivity index (χ3n) is 4.70. The van der Waals surface area contributed by atoms with E-state index in [4.69, 9.17) is 0 Å². The highest BCUT2D eigenvalue weighted by molar-refractivity contribution is 5.96. The predicted octanol–water partition coefficient (Wildman–Crippen LogP) is 2.97. The summed E-state index contributed by atoms with van der Waals surface area (Å²) in [7, 11) is 0. The Hall–Kier alpha value is -1.06. The van der Waals surface area contributed by atoms with Crippen LogP contribution in [-0.4, -0.2) is 11.9 Å². The average Bonchev–Trinajstić information content (AvgIpc) is 2.51. The van der Waals surface area contributed by atoms with Gasteiger partial charge in [0, 0.05) is 5.41 Å².